The molecule has 0 bridgehead atoms. The summed E-state index contributed by atoms with van der Waals surface area (Å²) in [5, 5.41) is 3.35. The van der Waals surface area contributed by atoms with Crippen molar-refractivity contribution in [1.82, 2.24) is 15.2 Å². The summed E-state index contributed by atoms with van der Waals surface area (Å²) in [5.41, 5.74) is 1.99. The first kappa shape index (κ1) is 21.6. The van der Waals surface area contributed by atoms with Crippen LogP contribution in [-0.2, 0) is 9.59 Å². The van der Waals surface area contributed by atoms with Gasteiger partial charge in [-0.25, -0.2) is 0 Å². The van der Waals surface area contributed by atoms with Gasteiger partial charge >= 0.3 is 0 Å². The summed E-state index contributed by atoms with van der Waals surface area (Å²) in [6.45, 7) is 2.83. The molecule has 0 radical (unpaired) electrons. The predicted octanol–water partition coefficient (Wildman–Crippen LogP) is 2.90. The Labute approximate surface area is 181 Å². The van der Waals surface area contributed by atoms with Crippen LogP contribution < -0.4 is 10.2 Å². The van der Waals surface area contributed by atoms with Crippen LogP contribution in [0.2, 0.25) is 0 Å². The predicted molar refractivity (Wildman–Crippen MR) is 118 cm³/mol. The number of thioether (sulfide) groups is 1. The Morgan fingerprint density at radius 2 is 1.93 bits per heavy atom. The lowest BCUT2D eigenvalue weighted by atomic mass is 10.0. The van der Waals surface area contributed by atoms with Crippen molar-refractivity contribution in [2.75, 3.05) is 36.8 Å². The number of nitrogens with zero attached hydrogens (tertiary/aromatic N) is 3. The van der Waals surface area contributed by atoms with Crippen LogP contribution in [0.4, 0.5) is 5.69 Å². The van der Waals surface area contributed by atoms with Crippen molar-refractivity contribution in [2.45, 2.75) is 23.8 Å². The number of pyridine rings is 1. The number of halogens is 1. The smallest absolute Gasteiger partial charge is 0.227 e. The third kappa shape index (κ3) is 4.91. The minimum atomic E-state index is -0.0304. The van der Waals surface area contributed by atoms with Crippen LogP contribution in [0.15, 0.2) is 53.7 Å². The molecule has 8 heteroatoms. The molecular formula is C21H25ClN4O2S. The van der Waals surface area contributed by atoms with E-state index in [2.05, 4.69) is 10.3 Å². The van der Waals surface area contributed by atoms with Crippen molar-refractivity contribution >= 4 is 41.7 Å². The fraction of sp³-hybridized carbons (Fsp3) is 0.381. The summed E-state index contributed by atoms with van der Waals surface area (Å²) in [6, 6.07) is 11.8. The Bertz CT molecular complexity index is 852. The zero-order valence-electron chi connectivity index (χ0n) is 16.1. The van der Waals surface area contributed by atoms with E-state index in [1.165, 1.54) is 0 Å². The van der Waals surface area contributed by atoms with Crippen LogP contribution in [0.1, 0.15) is 24.4 Å². The van der Waals surface area contributed by atoms with Gasteiger partial charge in [-0.15, -0.1) is 24.2 Å². The van der Waals surface area contributed by atoms with Crippen LogP contribution in [0.5, 0.6) is 0 Å². The maximum atomic E-state index is 12.9. The second kappa shape index (κ2) is 10.1. The Hall–Kier alpha value is -2.09. The van der Waals surface area contributed by atoms with Gasteiger partial charge in [-0.3, -0.25) is 14.6 Å². The van der Waals surface area contributed by atoms with Crippen LogP contribution in [-0.4, -0.2) is 53.6 Å². The molecule has 0 spiro atoms. The van der Waals surface area contributed by atoms with E-state index in [0.29, 0.717) is 19.6 Å². The Kier molecular flexibility index (Phi) is 7.52. The van der Waals surface area contributed by atoms with Crippen molar-refractivity contribution in [3.05, 3.63) is 54.4 Å². The molecule has 1 N–H and O–H groups in total. The van der Waals surface area contributed by atoms with E-state index in [-0.39, 0.29) is 43.1 Å². The fourth-order valence-corrected chi connectivity index (χ4v) is 4.79. The highest BCUT2D eigenvalue weighted by molar-refractivity contribution is 7.99. The van der Waals surface area contributed by atoms with Crippen molar-refractivity contribution in [2.24, 2.45) is 0 Å². The van der Waals surface area contributed by atoms with Crippen LogP contribution in [0.25, 0.3) is 0 Å². The topological polar surface area (TPSA) is 65.5 Å². The fourth-order valence-electron chi connectivity index (χ4n) is 3.79. The second-order valence-electron chi connectivity index (χ2n) is 6.95. The van der Waals surface area contributed by atoms with E-state index < -0.39 is 0 Å². The molecule has 0 aliphatic carbocycles. The molecule has 2 aliphatic heterocycles. The molecule has 29 heavy (non-hydrogen) atoms. The molecule has 2 aromatic rings. The van der Waals surface area contributed by atoms with E-state index in [1.54, 1.807) is 18.0 Å². The molecule has 2 amide bonds. The molecule has 1 aromatic heterocycles. The van der Waals surface area contributed by atoms with E-state index in [0.717, 1.165) is 28.4 Å². The van der Waals surface area contributed by atoms with Gasteiger partial charge in [-0.2, -0.15) is 0 Å². The average Bonchev–Trinajstić information content (AvgIpc) is 2.77. The number of carbonyl (C=O) groups is 2. The summed E-state index contributed by atoms with van der Waals surface area (Å²) in [5.74, 6) is 0.940. The number of hydrogen-bond donors (Lipinski definition) is 1. The van der Waals surface area contributed by atoms with Gasteiger partial charge in [0, 0.05) is 62.1 Å². The molecule has 1 aromatic carbocycles. The molecular weight excluding hydrogens is 408 g/mol. The van der Waals surface area contributed by atoms with Gasteiger partial charge in [0.25, 0.3) is 0 Å². The molecule has 1 atom stereocenters. The third-order valence-corrected chi connectivity index (χ3v) is 6.26. The Balaban J connectivity index is 0.00000240. The SMILES string of the molecule is Cl.O=C(CCC(=O)N1CCNCC1c1cccnc1)N1CCSc2ccccc21. The highest BCUT2D eigenvalue weighted by Gasteiger charge is 2.29. The monoisotopic (exact) mass is 432 g/mol. The first-order valence-corrected chi connectivity index (χ1v) is 10.6. The molecule has 154 valence electrons. The first-order valence-electron chi connectivity index (χ1n) is 9.66. The van der Waals surface area contributed by atoms with Gasteiger partial charge in [0.15, 0.2) is 0 Å². The number of carbonyl (C=O) groups excluding carboxylic acids is 2. The number of amides is 2. The van der Waals surface area contributed by atoms with Gasteiger partial charge < -0.3 is 15.1 Å². The number of piperazine rings is 1. The quantitative estimate of drug-likeness (QED) is 0.804. The van der Waals surface area contributed by atoms with Gasteiger partial charge in [-0.05, 0) is 23.8 Å². The number of hydrogen-bond acceptors (Lipinski definition) is 5. The van der Waals surface area contributed by atoms with Crippen LogP contribution in [0.3, 0.4) is 0 Å². The lowest BCUT2D eigenvalue weighted by Crippen LogP contribution is -2.49. The number of benzene rings is 1. The van der Waals surface area contributed by atoms with Crippen molar-refractivity contribution in [1.29, 1.82) is 0 Å². The zero-order valence-corrected chi connectivity index (χ0v) is 17.8. The van der Waals surface area contributed by atoms with Crippen LogP contribution in [0, 0.1) is 0 Å². The van der Waals surface area contributed by atoms with Gasteiger partial charge in [0.05, 0.1) is 11.7 Å². The van der Waals surface area contributed by atoms with Crippen molar-refractivity contribution in [3.8, 4) is 0 Å². The van der Waals surface area contributed by atoms with E-state index in [9.17, 15) is 9.59 Å². The molecule has 3 heterocycles. The normalized spacial score (nSPS) is 18.6. The number of para-hydroxylation sites is 1. The number of nitrogens with one attached hydrogen (secondary N) is 1. The Morgan fingerprint density at radius 3 is 2.76 bits per heavy atom. The molecule has 2 aliphatic rings. The summed E-state index contributed by atoms with van der Waals surface area (Å²) in [7, 11) is 0. The summed E-state index contributed by atoms with van der Waals surface area (Å²) < 4.78 is 0. The van der Waals surface area contributed by atoms with Crippen molar-refractivity contribution < 1.29 is 9.59 Å². The maximum absolute atomic E-state index is 12.9. The number of aromatic nitrogens is 1. The van der Waals surface area contributed by atoms with E-state index >= 15 is 0 Å². The van der Waals surface area contributed by atoms with Crippen LogP contribution >= 0.6 is 24.2 Å². The molecule has 1 unspecified atom stereocenters. The maximum Gasteiger partial charge on any atom is 0.227 e. The minimum Gasteiger partial charge on any atom is -0.333 e. The standard InChI is InChI=1S/C21H24N4O2S.ClH/c26-20(24-11-10-23-15-18(24)16-4-3-9-22-14-16)7-8-21(27)25-12-13-28-19-6-2-1-5-17(19)25;/h1-6,9,14,18,23H,7-8,10-13,15H2;1H. The molecule has 4 rings (SSSR count). The highest BCUT2D eigenvalue weighted by atomic mass is 35.5. The largest absolute Gasteiger partial charge is 0.333 e. The zero-order chi connectivity index (χ0) is 19.3. The lowest BCUT2D eigenvalue weighted by molar-refractivity contribution is -0.136. The van der Waals surface area contributed by atoms with Crippen molar-refractivity contribution in [3.63, 3.8) is 0 Å². The second-order valence-corrected chi connectivity index (χ2v) is 8.09. The molecule has 1 saturated heterocycles. The molecule has 6 nitrogen and oxygen atoms in total. The number of anilines is 1. The third-order valence-electron chi connectivity index (χ3n) is 5.22. The summed E-state index contributed by atoms with van der Waals surface area (Å²) in [4.78, 5) is 34.8. The molecule has 0 saturated carbocycles. The van der Waals surface area contributed by atoms with E-state index in [4.69, 9.17) is 0 Å². The summed E-state index contributed by atoms with van der Waals surface area (Å²) >= 11 is 1.77. The van der Waals surface area contributed by atoms with Gasteiger partial charge in [-0.1, -0.05) is 18.2 Å². The Morgan fingerprint density at radius 1 is 1.10 bits per heavy atom. The van der Waals surface area contributed by atoms with Gasteiger partial charge in [0.1, 0.15) is 0 Å². The lowest BCUT2D eigenvalue weighted by Gasteiger charge is -2.36. The van der Waals surface area contributed by atoms with Gasteiger partial charge in [0.2, 0.25) is 11.8 Å². The average molecular weight is 433 g/mol. The first-order chi connectivity index (χ1) is 13.7. The summed E-state index contributed by atoms with van der Waals surface area (Å²) in [6.07, 6.45) is 4.02. The minimum absolute atomic E-state index is 0. The highest BCUT2D eigenvalue weighted by Crippen LogP contribution is 2.34. The van der Waals surface area contributed by atoms with E-state index in [1.807, 2.05) is 52.4 Å². The number of rotatable bonds is 4. The molecule has 1 fully saturated rings. The number of fused-ring (bicyclic) bond motifs is 1.